The first kappa shape index (κ1) is 20.0. The first-order valence-corrected chi connectivity index (χ1v) is 9.39. The summed E-state index contributed by atoms with van der Waals surface area (Å²) in [5, 5.41) is 5.79. The first-order valence-electron chi connectivity index (χ1n) is 9.39. The molecule has 1 saturated heterocycles. The maximum Gasteiger partial charge on any atom is 0.315 e. The summed E-state index contributed by atoms with van der Waals surface area (Å²) < 4.78 is 5.14. The Morgan fingerprint density at radius 3 is 2.58 bits per heavy atom. The van der Waals surface area contributed by atoms with Crippen molar-refractivity contribution in [2.75, 3.05) is 44.7 Å². The minimum absolute atomic E-state index is 0.0191. The lowest BCUT2D eigenvalue weighted by atomic mass is 10.2. The van der Waals surface area contributed by atoms with Crippen LogP contribution in [-0.4, -0.2) is 57.8 Å². The molecule has 0 spiro atoms. The Hall–Kier alpha value is -2.28. The van der Waals surface area contributed by atoms with Crippen molar-refractivity contribution in [1.82, 2.24) is 10.6 Å². The van der Waals surface area contributed by atoms with E-state index in [1.54, 1.807) is 12.0 Å². The van der Waals surface area contributed by atoms with E-state index in [2.05, 4.69) is 24.5 Å². The van der Waals surface area contributed by atoms with Gasteiger partial charge in [-0.15, -0.1) is 0 Å². The van der Waals surface area contributed by atoms with Gasteiger partial charge in [-0.3, -0.25) is 4.79 Å². The molecule has 7 nitrogen and oxygen atoms in total. The number of rotatable bonds is 9. The minimum Gasteiger partial charge on any atom is -0.497 e. The molecular weight excluding hydrogens is 332 g/mol. The van der Waals surface area contributed by atoms with Gasteiger partial charge >= 0.3 is 6.03 Å². The number of hydrogen-bond acceptors (Lipinski definition) is 3. The summed E-state index contributed by atoms with van der Waals surface area (Å²) in [4.78, 5) is 27.5. The summed E-state index contributed by atoms with van der Waals surface area (Å²) in [7, 11) is 1.61. The highest BCUT2D eigenvalue weighted by Gasteiger charge is 2.31. The van der Waals surface area contributed by atoms with E-state index in [-0.39, 0.29) is 18.0 Å². The number of hydrogen-bond donors (Lipinski definition) is 3. The molecule has 2 rings (SSSR count). The molecule has 0 unspecified atom stereocenters. The zero-order valence-electron chi connectivity index (χ0n) is 16.0. The fourth-order valence-electron chi connectivity index (χ4n) is 3.20. The highest BCUT2D eigenvalue weighted by Crippen LogP contribution is 2.24. The molecule has 1 heterocycles. The molecule has 0 saturated carbocycles. The van der Waals surface area contributed by atoms with Gasteiger partial charge in [-0.25, -0.2) is 4.79 Å². The molecular formula is C19H31N4O3+. The molecule has 3 amide bonds. The Labute approximate surface area is 155 Å². The third kappa shape index (κ3) is 5.62. The van der Waals surface area contributed by atoms with Gasteiger partial charge in [0.1, 0.15) is 5.75 Å². The summed E-state index contributed by atoms with van der Waals surface area (Å²) in [6, 6.07) is 7.00. The molecule has 1 atom stereocenters. The molecule has 0 radical (unpaired) electrons. The SMILES string of the molecule is CC[NH+](CC)CCCNC(=O)N[C@@H]1CC(=O)N(c2ccc(OC)cc2)C1. The van der Waals surface area contributed by atoms with Crippen molar-refractivity contribution in [3.63, 3.8) is 0 Å². The number of amides is 3. The molecule has 1 fully saturated rings. The lowest BCUT2D eigenvalue weighted by Crippen LogP contribution is -3.11. The van der Waals surface area contributed by atoms with Crippen molar-refractivity contribution in [3.05, 3.63) is 24.3 Å². The van der Waals surface area contributed by atoms with Crippen LogP contribution in [0.1, 0.15) is 26.7 Å². The first-order chi connectivity index (χ1) is 12.6. The zero-order chi connectivity index (χ0) is 18.9. The number of carbonyl (C=O) groups excluding carboxylic acids is 2. The third-order valence-electron chi connectivity index (χ3n) is 4.84. The normalized spacial score (nSPS) is 16.8. The monoisotopic (exact) mass is 363 g/mol. The molecule has 26 heavy (non-hydrogen) atoms. The van der Waals surface area contributed by atoms with Gasteiger partial charge in [0.05, 0.1) is 32.8 Å². The summed E-state index contributed by atoms with van der Waals surface area (Å²) in [5.74, 6) is 0.770. The Morgan fingerprint density at radius 1 is 1.27 bits per heavy atom. The van der Waals surface area contributed by atoms with E-state index in [4.69, 9.17) is 4.74 Å². The van der Waals surface area contributed by atoms with Crippen LogP contribution in [0.4, 0.5) is 10.5 Å². The second-order valence-corrected chi connectivity index (χ2v) is 6.56. The summed E-state index contributed by atoms with van der Waals surface area (Å²) >= 11 is 0. The van der Waals surface area contributed by atoms with Crippen LogP contribution >= 0.6 is 0 Å². The second-order valence-electron chi connectivity index (χ2n) is 6.56. The average molecular weight is 363 g/mol. The highest BCUT2D eigenvalue weighted by molar-refractivity contribution is 5.96. The van der Waals surface area contributed by atoms with Crippen molar-refractivity contribution in [2.24, 2.45) is 0 Å². The number of methoxy groups -OCH3 is 1. The van der Waals surface area contributed by atoms with Crippen molar-refractivity contribution in [3.8, 4) is 5.75 Å². The Kier molecular flexibility index (Phi) is 7.72. The van der Waals surface area contributed by atoms with Gasteiger partial charge in [-0.2, -0.15) is 0 Å². The summed E-state index contributed by atoms with van der Waals surface area (Å²) in [5.41, 5.74) is 0.822. The molecule has 3 N–H and O–H groups in total. The number of carbonyl (C=O) groups is 2. The van der Waals surface area contributed by atoms with Gasteiger partial charge in [0.2, 0.25) is 5.91 Å². The van der Waals surface area contributed by atoms with Crippen LogP contribution in [0.25, 0.3) is 0 Å². The number of nitrogens with one attached hydrogen (secondary N) is 3. The number of urea groups is 1. The van der Waals surface area contributed by atoms with Crippen molar-refractivity contribution in [1.29, 1.82) is 0 Å². The Balaban J connectivity index is 1.74. The van der Waals surface area contributed by atoms with Gasteiger partial charge in [-0.1, -0.05) is 0 Å². The fourth-order valence-corrected chi connectivity index (χ4v) is 3.20. The van der Waals surface area contributed by atoms with Crippen LogP contribution in [0.5, 0.6) is 5.75 Å². The molecule has 7 heteroatoms. The number of ether oxygens (including phenoxy) is 1. The predicted octanol–water partition coefficient (Wildman–Crippen LogP) is 0.415. The van der Waals surface area contributed by atoms with E-state index >= 15 is 0 Å². The highest BCUT2D eigenvalue weighted by atomic mass is 16.5. The van der Waals surface area contributed by atoms with E-state index in [1.807, 2.05) is 24.3 Å². The quantitative estimate of drug-likeness (QED) is 0.557. The van der Waals surface area contributed by atoms with Crippen LogP contribution in [0, 0.1) is 0 Å². The molecule has 0 bridgehead atoms. The van der Waals surface area contributed by atoms with Crippen LogP contribution in [-0.2, 0) is 4.79 Å². The number of anilines is 1. The smallest absolute Gasteiger partial charge is 0.315 e. The largest absolute Gasteiger partial charge is 0.497 e. The molecule has 0 aliphatic carbocycles. The van der Waals surface area contributed by atoms with Gasteiger partial charge in [0, 0.05) is 31.6 Å². The minimum atomic E-state index is -0.200. The average Bonchev–Trinajstić information content (AvgIpc) is 3.02. The number of nitrogens with zero attached hydrogens (tertiary/aromatic N) is 1. The van der Waals surface area contributed by atoms with Gasteiger partial charge in [0.25, 0.3) is 0 Å². The topological polar surface area (TPSA) is 75.1 Å². The van der Waals surface area contributed by atoms with Crippen molar-refractivity contribution >= 4 is 17.6 Å². The van der Waals surface area contributed by atoms with Gasteiger partial charge in [0.15, 0.2) is 0 Å². The van der Waals surface area contributed by atoms with Crippen LogP contribution in [0.2, 0.25) is 0 Å². The molecule has 1 aromatic rings. The molecule has 1 aliphatic rings. The van der Waals surface area contributed by atoms with E-state index < -0.39 is 0 Å². The van der Waals surface area contributed by atoms with Crippen LogP contribution in [0.15, 0.2) is 24.3 Å². The Morgan fingerprint density at radius 2 is 1.96 bits per heavy atom. The Bertz CT molecular complexity index is 587. The maximum atomic E-state index is 12.2. The summed E-state index contributed by atoms with van der Waals surface area (Å²) in [6.07, 6.45) is 1.27. The molecule has 1 aliphatic heterocycles. The predicted molar refractivity (Wildman–Crippen MR) is 102 cm³/mol. The van der Waals surface area contributed by atoms with E-state index in [0.29, 0.717) is 19.5 Å². The van der Waals surface area contributed by atoms with E-state index in [9.17, 15) is 9.59 Å². The van der Waals surface area contributed by atoms with E-state index in [0.717, 1.165) is 37.5 Å². The summed E-state index contributed by atoms with van der Waals surface area (Å²) in [6.45, 7) is 8.75. The van der Waals surface area contributed by atoms with Gasteiger partial charge in [-0.05, 0) is 38.1 Å². The molecule has 1 aromatic carbocycles. The van der Waals surface area contributed by atoms with Crippen molar-refractivity contribution < 1.29 is 19.2 Å². The van der Waals surface area contributed by atoms with Crippen LogP contribution < -0.4 is 25.2 Å². The third-order valence-corrected chi connectivity index (χ3v) is 4.84. The second kappa shape index (κ2) is 10.0. The van der Waals surface area contributed by atoms with Crippen molar-refractivity contribution in [2.45, 2.75) is 32.7 Å². The van der Waals surface area contributed by atoms with Crippen LogP contribution in [0.3, 0.4) is 0 Å². The molecule has 144 valence electrons. The lowest BCUT2D eigenvalue weighted by molar-refractivity contribution is -0.896. The maximum absolute atomic E-state index is 12.2. The zero-order valence-corrected chi connectivity index (χ0v) is 16.0. The van der Waals surface area contributed by atoms with E-state index in [1.165, 1.54) is 4.90 Å². The number of benzene rings is 1. The fraction of sp³-hybridized carbons (Fsp3) is 0.579. The number of quaternary nitrogens is 1. The molecule has 0 aromatic heterocycles. The van der Waals surface area contributed by atoms with Gasteiger partial charge < -0.3 is 25.2 Å². The lowest BCUT2D eigenvalue weighted by Gasteiger charge is -2.18. The standard InChI is InChI=1S/C19H30N4O3/c1-4-22(5-2)12-6-11-20-19(25)21-15-13-18(24)23(14-15)16-7-9-17(26-3)10-8-16/h7-10,15H,4-6,11-14H2,1-3H3,(H2,20,21,25)/p+1/t15-/m1/s1.